The summed E-state index contributed by atoms with van der Waals surface area (Å²) in [7, 11) is 0. The quantitative estimate of drug-likeness (QED) is 0.865. The number of carboxylic acid groups (broad SMARTS) is 1. The van der Waals surface area contributed by atoms with Crippen LogP contribution in [-0.2, 0) is 4.79 Å². The molecule has 140 valence electrons. The first-order chi connectivity index (χ1) is 13.0. The summed E-state index contributed by atoms with van der Waals surface area (Å²) in [6.45, 7) is 2.84. The molecule has 0 radical (unpaired) electrons. The Hall–Kier alpha value is -3.34. The van der Waals surface area contributed by atoms with Crippen LogP contribution >= 0.6 is 0 Å². The van der Waals surface area contributed by atoms with E-state index in [-0.39, 0.29) is 24.1 Å². The summed E-state index contributed by atoms with van der Waals surface area (Å²) in [5.41, 5.74) is 1.39. The Kier molecular flexibility index (Phi) is 5.41. The van der Waals surface area contributed by atoms with Gasteiger partial charge in [-0.05, 0) is 44.0 Å². The Bertz CT molecular complexity index is 874. The van der Waals surface area contributed by atoms with Crippen LogP contribution in [0.1, 0.15) is 40.5 Å². The molecule has 1 fully saturated rings. The molecular formula is C19H20N4O4. The summed E-state index contributed by atoms with van der Waals surface area (Å²) in [6.07, 6.45) is 2.80. The third-order valence-corrected chi connectivity index (χ3v) is 4.78. The lowest BCUT2D eigenvalue weighted by molar-refractivity contribution is -0.134. The van der Waals surface area contributed by atoms with Crippen LogP contribution < -0.4 is 4.74 Å². The Labute approximate surface area is 156 Å². The average Bonchev–Trinajstić information content (AvgIpc) is 3.08. The molecule has 0 aliphatic carbocycles. The molecule has 1 amide bonds. The van der Waals surface area contributed by atoms with Crippen LogP contribution in [-0.4, -0.2) is 51.4 Å². The Morgan fingerprint density at radius 3 is 2.52 bits per heavy atom. The zero-order valence-corrected chi connectivity index (χ0v) is 15.0. The highest BCUT2D eigenvalue weighted by molar-refractivity contribution is 5.88. The molecule has 3 rings (SSSR count). The molecule has 2 heterocycles. The van der Waals surface area contributed by atoms with Crippen LogP contribution in [0.2, 0.25) is 0 Å². The Balaban J connectivity index is 1.52. The van der Waals surface area contributed by atoms with Crippen molar-refractivity contribution in [2.24, 2.45) is 0 Å². The molecule has 2 aromatic rings. The van der Waals surface area contributed by atoms with Gasteiger partial charge < -0.3 is 14.7 Å². The second kappa shape index (κ2) is 7.91. The first-order valence-electron chi connectivity index (χ1n) is 8.67. The number of amides is 1. The van der Waals surface area contributed by atoms with Crippen LogP contribution in [0.4, 0.5) is 0 Å². The molecule has 8 heteroatoms. The number of likely N-dealkylation sites (tertiary alicyclic amines) is 1. The molecule has 27 heavy (non-hydrogen) atoms. The van der Waals surface area contributed by atoms with Crippen LogP contribution in [0.25, 0.3) is 0 Å². The third kappa shape index (κ3) is 4.08. The molecule has 0 spiro atoms. The van der Waals surface area contributed by atoms with Crippen molar-refractivity contribution in [3.8, 4) is 11.8 Å². The van der Waals surface area contributed by atoms with E-state index in [1.807, 2.05) is 6.07 Å². The standard InChI is InChI=1S/C19H20N4O4/c1-13-17(19(25)26)11-21-23(13)15-6-8-22(9-7-15)18(24)12-27-16-4-2-14(10-20)3-5-16/h2-5,11,15H,6-9,12H2,1H3,(H,25,26). The number of piperidine rings is 1. The van der Waals surface area contributed by atoms with Gasteiger partial charge in [0.25, 0.3) is 5.91 Å². The van der Waals surface area contributed by atoms with Gasteiger partial charge >= 0.3 is 5.97 Å². The lowest BCUT2D eigenvalue weighted by Crippen LogP contribution is -2.41. The van der Waals surface area contributed by atoms with Crippen LogP contribution in [0.3, 0.4) is 0 Å². The van der Waals surface area contributed by atoms with E-state index in [9.17, 15) is 9.59 Å². The topological polar surface area (TPSA) is 108 Å². The van der Waals surface area contributed by atoms with E-state index in [1.54, 1.807) is 40.8 Å². The first kappa shape index (κ1) is 18.5. The predicted molar refractivity (Wildman–Crippen MR) is 95.4 cm³/mol. The fourth-order valence-corrected chi connectivity index (χ4v) is 3.22. The van der Waals surface area contributed by atoms with E-state index < -0.39 is 5.97 Å². The van der Waals surface area contributed by atoms with E-state index in [0.717, 1.165) is 0 Å². The number of benzene rings is 1. The number of rotatable bonds is 5. The highest BCUT2D eigenvalue weighted by Crippen LogP contribution is 2.24. The maximum absolute atomic E-state index is 12.3. The zero-order chi connectivity index (χ0) is 19.4. The second-order valence-corrected chi connectivity index (χ2v) is 6.43. The summed E-state index contributed by atoms with van der Waals surface area (Å²) in [5, 5.41) is 22.1. The van der Waals surface area contributed by atoms with Gasteiger partial charge in [-0.3, -0.25) is 9.48 Å². The van der Waals surface area contributed by atoms with Gasteiger partial charge in [0, 0.05) is 13.1 Å². The summed E-state index contributed by atoms with van der Waals surface area (Å²) in [4.78, 5) is 25.2. The van der Waals surface area contributed by atoms with Gasteiger partial charge in [0.15, 0.2) is 6.61 Å². The van der Waals surface area contributed by atoms with E-state index >= 15 is 0 Å². The van der Waals surface area contributed by atoms with Gasteiger partial charge in [0.2, 0.25) is 0 Å². The predicted octanol–water partition coefficient (Wildman–Crippen LogP) is 2.00. The van der Waals surface area contributed by atoms with Gasteiger partial charge in [-0.25, -0.2) is 4.79 Å². The van der Waals surface area contributed by atoms with Crippen molar-refractivity contribution >= 4 is 11.9 Å². The number of nitrogens with zero attached hydrogens (tertiary/aromatic N) is 4. The van der Waals surface area contributed by atoms with Crippen molar-refractivity contribution in [3.63, 3.8) is 0 Å². The zero-order valence-electron chi connectivity index (χ0n) is 15.0. The fraction of sp³-hybridized carbons (Fsp3) is 0.368. The molecule has 8 nitrogen and oxygen atoms in total. The number of hydrogen-bond donors (Lipinski definition) is 1. The molecule has 1 aliphatic rings. The normalized spacial score (nSPS) is 14.6. The van der Waals surface area contributed by atoms with Crippen molar-refractivity contribution in [1.82, 2.24) is 14.7 Å². The molecule has 1 N–H and O–H groups in total. The SMILES string of the molecule is Cc1c(C(=O)O)cnn1C1CCN(C(=O)COc2ccc(C#N)cc2)CC1. The van der Waals surface area contributed by atoms with Crippen molar-refractivity contribution in [2.75, 3.05) is 19.7 Å². The highest BCUT2D eigenvalue weighted by atomic mass is 16.5. The number of aromatic carboxylic acids is 1. The molecule has 0 atom stereocenters. The first-order valence-corrected chi connectivity index (χ1v) is 8.67. The average molecular weight is 368 g/mol. The molecule has 1 aliphatic heterocycles. The number of aromatic nitrogens is 2. The minimum atomic E-state index is -0.980. The number of hydrogen-bond acceptors (Lipinski definition) is 5. The third-order valence-electron chi connectivity index (χ3n) is 4.78. The van der Waals surface area contributed by atoms with Crippen molar-refractivity contribution in [2.45, 2.75) is 25.8 Å². The number of nitriles is 1. The van der Waals surface area contributed by atoms with Crippen LogP contribution in [0.5, 0.6) is 5.75 Å². The van der Waals surface area contributed by atoms with Gasteiger partial charge in [-0.1, -0.05) is 0 Å². The lowest BCUT2D eigenvalue weighted by Gasteiger charge is -2.32. The van der Waals surface area contributed by atoms with E-state index in [0.29, 0.717) is 42.9 Å². The number of carbonyl (C=O) groups excluding carboxylic acids is 1. The molecule has 1 aromatic carbocycles. The molecular weight excluding hydrogens is 348 g/mol. The summed E-state index contributed by atoms with van der Waals surface area (Å²) in [5.74, 6) is -0.530. The van der Waals surface area contributed by atoms with Gasteiger partial charge in [0.05, 0.1) is 29.6 Å². The monoisotopic (exact) mass is 368 g/mol. The Morgan fingerprint density at radius 1 is 1.30 bits per heavy atom. The van der Waals surface area contributed by atoms with Gasteiger partial charge in [-0.2, -0.15) is 10.4 Å². The smallest absolute Gasteiger partial charge is 0.339 e. The maximum atomic E-state index is 12.3. The van der Waals surface area contributed by atoms with Crippen molar-refractivity contribution < 1.29 is 19.4 Å². The summed E-state index contributed by atoms with van der Waals surface area (Å²) < 4.78 is 7.25. The summed E-state index contributed by atoms with van der Waals surface area (Å²) in [6, 6.07) is 8.73. The van der Waals surface area contributed by atoms with Gasteiger partial charge in [-0.15, -0.1) is 0 Å². The van der Waals surface area contributed by atoms with E-state index in [2.05, 4.69) is 5.10 Å². The second-order valence-electron chi connectivity index (χ2n) is 6.43. The van der Waals surface area contributed by atoms with E-state index in [1.165, 1.54) is 6.20 Å². The molecule has 0 saturated carbocycles. The molecule has 0 unspecified atom stereocenters. The minimum Gasteiger partial charge on any atom is -0.484 e. The fourth-order valence-electron chi connectivity index (χ4n) is 3.22. The number of carbonyl (C=O) groups is 2. The molecule has 1 saturated heterocycles. The number of ether oxygens (including phenoxy) is 1. The van der Waals surface area contributed by atoms with Crippen LogP contribution in [0, 0.1) is 18.3 Å². The van der Waals surface area contributed by atoms with E-state index in [4.69, 9.17) is 15.1 Å². The largest absolute Gasteiger partial charge is 0.484 e. The van der Waals surface area contributed by atoms with Crippen molar-refractivity contribution in [3.05, 3.63) is 47.3 Å². The number of carboxylic acids is 1. The Morgan fingerprint density at radius 2 is 1.96 bits per heavy atom. The summed E-state index contributed by atoms with van der Waals surface area (Å²) >= 11 is 0. The maximum Gasteiger partial charge on any atom is 0.339 e. The molecule has 1 aromatic heterocycles. The molecule has 0 bridgehead atoms. The highest BCUT2D eigenvalue weighted by Gasteiger charge is 2.26. The van der Waals surface area contributed by atoms with Crippen molar-refractivity contribution in [1.29, 1.82) is 5.26 Å². The van der Waals surface area contributed by atoms with Gasteiger partial charge in [0.1, 0.15) is 11.3 Å². The van der Waals surface area contributed by atoms with Crippen LogP contribution in [0.15, 0.2) is 30.5 Å². The minimum absolute atomic E-state index is 0.0550. The lowest BCUT2D eigenvalue weighted by atomic mass is 10.0.